The fourth-order valence-corrected chi connectivity index (χ4v) is 1.76. The van der Waals surface area contributed by atoms with Crippen molar-refractivity contribution in [3.63, 3.8) is 0 Å². The number of primary amides is 1. The van der Waals surface area contributed by atoms with Crippen molar-refractivity contribution < 1.29 is 4.79 Å². The zero-order valence-electron chi connectivity index (χ0n) is 8.80. The van der Waals surface area contributed by atoms with Crippen LogP contribution in [0.5, 0.6) is 0 Å². The molecule has 1 heterocycles. The lowest BCUT2D eigenvalue weighted by Gasteiger charge is -2.23. The molecule has 0 radical (unpaired) electrons. The van der Waals surface area contributed by atoms with Gasteiger partial charge in [-0.15, -0.1) is 10.2 Å². The van der Waals surface area contributed by atoms with E-state index in [9.17, 15) is 4.79 Å². The number of nitrogens with zero attached hydrogens (tertiary/aromatic N) is 3. The minimum Gasteiger partial charge on any atom is -0.374 e. The molecule has 0 aliphatic carbocycles. The van der Waals surface area contributed by atoms with E-state index in [0.717, 1.165) is 5.01 Å². The quantitative estimate of drug-likeness (QED) is 0.729. The number of nitrogens with two attached hydrogens (primary N) is 2. The predicted molar refractivity (Wildman–Crippen MR) is 59.1 cm³/mol. The molecule has 1 aromatic heterocycles. The van der Waals surface area contributed by atoms with Gasteiger partial charge in [-0.05, 0) is 13.8 Å². The monoisotopic (exact) mass is 229 g/mol. The number of rotatable bonds is 5. The van der Waals surface area contributed by atoms with Gasteiger partial charge in [0, 0.05) is 6.04 Å². The normalized spacial score (nSPS) is 11.2. The summed E-state index contributed by atoms with van der Waals surface area (Å²) in [7, 11) is 0. The van der Waals surface area contributed by atoms with Crippen molar-refractivity contribution in [3.8, 4) is 0 Å². The molecule has 0 aliphatic rings. The fourth-order valence-electron chi connectivity index (χ4n) is 1.13. The molecular weight excluding hydrogens is 214 g/mol. The highest BCUT2D eigenvalue weighted by molar-refractivity contribution is 7.15. The number of carbonyl (C=O) groups excluding carboxylic acids is 1. The first-order chi connectivity index (χ1) is 6.99. The molecular formula is C8H15N5OS. The van der Waals surface area contributed by atoms with E-state index in [0.29, 0.717) is 11.7 Å². The summed E-state index contributed by atoms with van der Waals surface area (Å²) in [6.45, 7) is 4.76. The SMILES string of the molecule is CC(C)N(CC(N)=O)Cc1nnc(N)s1. The molecule has 1 amide bonds. The molecule has 0 aromatic carbocycles. The number of carbonyl (C=O) groups is 1. The van der Waals surface area contributed by atoms with Crippen LogP contribution in [0.1, 0.15) is 18.9 Å². The van der Waals surface area contributed by atoms with E-state index < -0.39 is 0 Å². The largest absolute Gasteiger partial charge is 0.374 e. The third-order valence-corrected chi connectivity index (χ3v) is 2.65. The number of hydrogen-bond acceptors (Lipinski definition) is 6. The van der Waals surface area contributed by atoms with Gasteiger partial charge in [-0.3, -0.25) is 9.69 Å². The second-order valence-corrected chi connectivity index (χ2v) is 4.59. The Morgan fingerprint density at radius 1 is 1.53 bits per heavy atom. The van der Waals surface area contributed by atoms with Gasteiger partial charge in [-0.2, -0.15) is 0 Å². The Balaban J connectivity index is 2.62. The first-order valence-corrected chi connectivity index (χ1v) is 5.41. The molecule has 15 heavy (non-hydrogen) atoms. The topological polar surface area (TPSA) is 98.1 Å². The summed E-state index contributed by atoms with van der Waals surface area (Å²) >= 11 is 1.32. The third-order valence-electron chi connectivity index (χ3n) is 1.91. The Kier molecular flexibility index (Phi) is 3.98. The van der Waals surface area contributed by atoms with Crippen LogP contribution in [-0.4, -0.2) is 33.6 Å². The van der Waals surface area contributed by atoms with E-state index >= 15 is 0 Å². The average Bonchev–Trinajstić information content (AvgIpc) is 2.49. The summed E-state index contributed by atoms with van der Waals surface area (Å²) in [5, 5.41) is 8.84. The molecule has 4 N–H and O–H groups in total. The lowest BCUT2D eigenvalue weighted by atomic mass is 10.3. The predicted octanol–water partition coefficient (Wildman–Crippen LogP) is -0.184. The number of aromatic nitrogens is 2. The van der Waals surface area contributed by atoms with Crippen LogP contribution in [0.15, 0.2) is 0 Å². The molecule has 0 aliphatic heterocycles. The maximum Gasteiger partial charge on any atom is 0.231 e. The van der Waals surface area contributed by atoms with Gasteiger partial charge in [0.2, 0.25) is 11.0 Å². The van der Waals surface area contributed by atoms with Gasteiger partial charge in [0.25, 0.3) is 0 Å². The highest BCUT2D eigenvalue weighted by atomic mass is 32.1. The molecule has 7 heteroatoms. The lowest BCUT2D eigenvalue weighted by molar-refractivity contribution is -0.119. The Hall–Kier alpha value is -1.21. The highest BCUT2D eigenvalue weighted by Crippen LogP contribution is 2.14. The van der Waals surface area contributed by atoms with Gasteiger partial charge in [-0.1, -0.05) is 11.3 Å². The van der Waals surface area contributed by atoms with Crippen LogP contribution in [0, 0.1) is 0 Å². The Bertz CT molecular complexity index is 338. The molecule has 1 rings (SSSR count). The molecule has 0 unspecified atom stereocenters. The van der Waals surface area contributed by atoms with Gasteiger partial charge < -0.3 is 11.5 Å². The standard InChI is InChI=1S/C8H15N5OS/c1-5(2)13(3-6(9)14)4-7-11-12-8(10)15-7/h5H,3-4H2,1-2H3,(H2,9,14)(H2,10,12). The number of hydrogen-bond donors (Lipinski definition) is 2. The van der Waals surface area contributed by atoms with Crippen LogP contribution in [0.4, 0.5) is 5.13 Å². The summed E-state index contributed by atoms with van der Waals surface area (Å²) < 4.78 is 0. The summed E-state index contributed by atoms with van der Waals surface area (Å²) in [6.07, 6.45) is 0. The summed E-state index contributed by atoms with van der Waals surface area (Å²) in [5.74, 6) is -0.346. The van der Waals surface area contributed by atoms with Crippen LogP contribution in [0.25, 0.3) is 0 Å². The molecule has 0 spiro atoms. The maximum atomic E-state index is 10.8. The van der Waals surface area contributed by atoms with Gasteiger partial charge in [-0.25, -0.2) is 0 Å². The molecule has 6 nitrogen and oxygen atoms in total. The van der Waals surface area contributed by atoms with E-state index in [1.807, 2.05) is 18.7 Å². The molecule has 0 saturated carbocycles. The van der Waals surface area contributed by atoms with Crippen LogP contribution in [0.2, 0.25) is 0 Å². The van der Waals surface area contributed by atoms with E-state index in [2.05, 4.69) is 10.2 Å². The zero-order valence-corrected chi connectivity index (χ0v) is 9.62. The first-order valence-electron chi connectivity index (χ1n) is 4.59. The van der Waals surface area contributed by atoms with Crippen molar-refractivity contribution in [2.75, 3.05) is 12.3 Å². The molecule has 0 saturated heterocycles. The molecule has 0 atom stereocenters. The molecule has 0 fully saturated rings. The third kappa shape index (κ3) is 3.80. The lowest BCUT2D eigenvalue weighted by Crippen LogP contribution is -2.37. The van der Waals surface area contributed by atoms with Crippen molar-refractivity contribution in [2.45, 2.75) is 26.4 Å². The molecule has 1 aromatic rings. The van der Waals surface area contributed by atoms with Crippen molar-refractivity contribution in [1.82, 2.24) is 15.1 Å². The minimum atomic E-state index is -0.346. The van der Waals surface area contributed by atoms with Crippen LogP contribution in [0.3, 0.4) is 0 Å². The van der Waals surface area contributed by atoms with Crippen molar-refractivity contribution in [1.29, 1.82) is 0 Å². The van der Waals surface area contributed by atoms with E-state index in [-0.39, 0.29) is 18.5 Å². The van der Waals surface area contributed by atoms with Crippen molar-refractivity contribution in [3.05, 3.63) is 5.01 Å². The summed E-state index contributed by atoms with van der Waals surface area (Å²) in [4.78, 5) is 12.8. The Labute approximate surface area is 92.3 Å². The van der Waals surface area contributed by atoms with Gasteiger partial charge in [0.15, 0.2) is 0 Å². The summed E-state index contributed by atoms with van der Waals surface area (Å²) in [5.41, 5.74) is 10.6. The van der Waals surface area contributed by atoms with E-state index in [1.54, 1.807) is 0 Å². The van der Waals surface area contributed by atoms with Gasteiger partial charge in [0.1, 0.15) is 5.01 Å². The van der Waals surface area contributed by atoms with Gasteiger partial charge >= 0.3 is 0 Å². The van der Waals surface area contributed by atoms with Gasteiger partial charge in [0.05, 0.1) is 13.1 Å². The van der Waals surface area contributed by atoms with Crippen molar-refractivity contribution in [2.24, 2.45) is 5.73 Å². The number of amides is 1. The van der Waals surface area contributed by atoms with Crippen LogP contribution in [-0.2, 0) is 11.3 Å². The molecule has 84 valence electrons. The zero-order chi connectivity index (χ0) is 11.4. The smallest absolute Gasteiger partial charge is 0.231 e. The van der Waals surface area contributed by atoms with Crippen LogP contribution < -0.4 is 11.5 Å². The Morgan fingerprint density at radius 3 is 2.60 bits per heavy atom. The number of anilines is 1. The maximum absolute atomic E-state index is 10.8. The molecule has 0 bridgehead atoms. The second-order valence-electron chi connectivity index (χ2n) is 3.50. The first kappa shape index (κ1) is 11.9. The second kappa shape index (κ2) is 5.04. The highest BCUT2D eigenvalue weighted by Gasteiger charge is 2.14. The average molecular weight is 229 g/mol. The van der Waals surface area contributed by atoms with E-state index in [1.165, 1.54) is 11.3 Å². The van der Waals surface area contributed by atoms with Crippen LogP contribution >= 0.6 is 11.3 Å². The minimum absolute atomic E-state index is 0.219. The summed E-state index contributed by atoms with van der Waals surface area (Å²) in [6, 6.07) is 0.225. The number of nitrogen functional groups attached to an aromatic ring is 1. The van der Waals surface area contributed by atoms with Crippen molar-refractivity contribution >= 4 is 22.4 Å². The Morgan fingerprint density at radius 2 is 2.20 bits per heavy atom. The van der Waals surface area contributed by atoms with E-state index in [4.69, 9.17) is 11.5 Å². The fraction of sp³-hybridized carbons (Fsp3) is 0.625.